The Bertz CT molecular complexity index is 496. The van der Waals surface area contributed by atoms with E-state index in [0.717, 1.165) is 6.54 Å². The van der Waals surface area contributed by atoms with Gasteiger partial charge < -0.3 is 5.32 Å². The molecule has 0 spiro atoms. The van der Waals surface area contributed by atoms with Crippen molar-refractivity contribution < 1.29 is 4.39 Å². The van der Waals surface area contributed by atoms with Gasteiger partial charge in [0.2, 0.25) is 5.95 Å². The minimum absolute atomic E-state index is 0.332. The fourth-order valence-electron chi connectivity index (χ4n) is 1.46. The molecule has 1 N–H and O–H groups in total. The first-order valence-electron chi connectivity index (χ1n) is 4.95. The van der Waals surface area contributed by atoms with Gasteiger partial charge in [0.05, 0.1) is 5.69 Å². The number of hydrogen-bond donors (Lipinski definition) is 1. The predicted octanol–water partition coefficient (Wildman–Crippen LogP) is 3.10. The highest BCUT2D eigenvalue weighted by atomic mass is 35.5. The Balaban J connectivity index is 2.49. The number of imidazole rings is 1. The highest BCUT2D eigenvalue weighted by Gasteiger charge is 2.09. The van der Waals surface area contributed by atoms with Crippen LogP contribution in [0.3, 0.4) is 0 Å². The maximum Gasteiger partial charge on any atom is 0.207 e. The van der Waals surface area contributed by atoms with Gasteiger partial charge in [-0.15, -0.1) is 0 Å². The molecule has 0 amide bonds. The molecule has 2 aromatic rings. The molecule has 0 unspecified atom stereocenters. The minimum atomic E-state index is -0.332. The van der Waals surface area contributed by atoms with Gasteiger partial charge in [-0.2, -0.15) is 0 Å². The highest BCUT2D eigenvalue weighted by Crippen LogP contribution is 2.21. The van der Waals surface area contributed by atoms with E-state index in [-0.39, 0.29) is 5.82 Å². The zero-order valence-corrected chi connectivity index (χ0v) is 9.50. The Labute approximate surface area is 97.9 Å². The summed E-state index contributed by atoms with van der Waals surface area (Å²) in [5, 5.41) is 3.54. The summed E-state index contributed by atoms with van der Waals surface area (Å²) in [4.78, 5) is 4.10. The quantitative estimate of drug-likeness (QED) is 0.892. The van der Waals surface area contributed by atoms with Crippen molar-refractivity contribution in [3.05, 3.63) is 41.4 Å². The SMILES string of the molecule is CCNc1nccn1-c1cc(Cl)ccc1F. The Morgan fingerprint density at radius 2 is 2.31 bits per heavy atom. The van der Waals surface area contributed by atoms with E-state index in [0.29, 0.717) is 16.7 Å². The first-order valence-corrected chi connectivity index (χ1v) is 5.33. The van der Waals surface area contributed by atoms with Gasteiger partial charge in [0.15, 0.2) is 0 Å². The Morgan fingerprint density at radius 1 is 1.50 bits per heavy atom. The van der Waals surface area contributed by atoms with Crippen LogP contribution in [0.1, 0.15) is 6.92 Å². The lowest BCUT2D eigenvalue weighted by Crippen LogP contribution is -2.06. The molecule has 1 heterocycles. The Morgan fingerprint density at radius 3 is 3.06 bits per heavy atom. The van der Waals surface area contributed by atoms with Crippen LogP contribution in [0.5, 0.6) is 0 Å². The third-order valence-electron chi connectivity index (χ3n) is 2.14. The van der Waals surface area contributed by atoms with Gasteiger partial charge in [-0.1, -0.05) is 11.6 Å². The van der Waals surface area contributed by atoms with Crippen LogP contribution in [0.15, 0.2) is 30.6 Å². The van der Waals surface area contributed by atoms with Crippen molar-refractivity contribution in [1.29, 1.82) is 0 Å². The molecule has 0 radical (unpaired) electrons. The zero-order chi connectivity index (χ0) is 11.5. The predicted molar refractivity (Wildman–Crippen MR) is 62.7 cm³/mol. The van der Waals surface area contributed by atoms with Gasteiger partial charge in [-0.25, -0.2) is 9.37 Å². The van der Waals surface area contributed by atoms with Gasteiger partial charge >= 0.3 is 0 Å². The fraction of sp³-hybridized carbons (Fsp3) is 0.182. The lowest BCUT2D eigenvalue weighted by Gasteiger charge is -2.09. The Hall–Kier alpha value is -1.55. The zero-order valence-electron chi connectivity index (χ0n) is 8.74. The lowest BCUT2D eigenvalue weighted by molar-refractivity contribution is 0.618. The molecule has 0 aliphatic rings. The molecule has 0 saturated heterocycles. The first-order chi connectivity index (χ1) is 7.72. The minimum Gasteiger partial charge on any atom is -0.356 e. The third kappa shape index (κ3) is 2.02. The van der Waals surface area contributed by atoms with Crippen molar-refractivity contribution in [2.24, 2.45) is 0 Å². The van der Waals surface area contributed by atoms with E-state index in [1.165, 1.54) is 12.1 Å². The number of rotatable bonds is 3. The van der Waals surface area contributed by atoms with Crippen molar-refractivity contribution in [2.75, 3.05) is 11.9 Å². The van der Waals surface area contributed by atoms with E-state index >= 15 is 0 Å². The summed E-state index contributed by atoms with van der Waals surface area (Å²) in [7, 11) is 0. The van der Waals surface area contributed by atoms with Gasteiger partial charge in [-0.3, -0.25) is 4.57 Å². The van der Waals surface area contributed by atoms with Crippen LogP contribution >= 0.6 is 11.6 Å². The molecule has 0 aliphatic carbocycles. The second kappa shape index (κ2) is 4.53. The lowest BCUT2D eigenvalue weighted by atomic mass is 10.3. The van der Waals surface area contributed by atoms with Crippen molar-refractivity contribution in [2.45, 2.75) is 6.92 Å². The molecule has 2 rings (SSSR count). The summed E-state index contributed by atoms with van der Waals surface area (Å²) in [5.74, 6) is 0.269. The van der Waals surface area contributed by atoms with Crippen LogP contribution < -0.4 is 5.32 Å². The normalized spacial score (nSPS) is 10.4. The van der Waals surface area contributed by atoms with Crippen LogP contribution in [0.2, 0.25) is 5.02 Å². The molecule has 0 bridgehead atoms. The largest absolute Gasteiger partial charge is 0.356 e. The molecule has 1 aromatic heterocycles. The summed E-state index contributed by atoms with van der Waals surface area (Å²) in [6.07, 6.45) is 3.30. The second-order valence-electron chi connectivity index (χ2n) is 3.25. The van der Waals surface area contributed by atoms with Crippen LogP contribution in [0.25, 0.3) is 5.69 Å². The number of halogens is 2. The molecule has 0 saturated carbocycles. The van der Waals surface area contributed by atoms with Gasteiger partial charge in [0.1, 0.15) is 5.82 Å². The first kappa shape index (κ1) is 11.0. The Kier molecular flexibility index (Phi) is 3.10. The van der Waals surface area contributed by atoms with Crippen molar-refractivity contribution in [1.82, 2.24) is 9.55 Å². The van der Waals surface area contributed by atoms with E-state index in [1.54, 1.807) is 23.0 Å². The van der Waals surface area contributed by atoms with Crippen molar-refractivity contribution >= 4 is 17.5 Å². The van der Waals surface area contributed by atoms with E-state index in [4.69, 9.17) is 11.6 Å². The van der Waals surface area contributed by atoms with E-state index in [1.807, 2.05) is 6.92 Å². The van der Waals surface area contributed by atoms with Gasteiger partial charge in [0.25, 0.3) is 0 Å². The number of nitrogens with zero attached hydrogens (tertiary/aromatic N) is 2. The molecule has 0 atom stereocenters. The van der Waals surface area contributed by atoms with Crippen molar-refractivity contribution in [3.63, 3.8) is 0 Å². The highest BCUT2D eigenvalue weighted by molar-refractivity contribution is 6.30. The standard InChI is InChI=1S/C11H11ClFN3/c1-2-14-11-15-5-6-16(11)10-7-8(12)3-4-9(10)13/h3-7H,2H2,1H3,(H,14,15). The molecule has 16 heavy (non-hydrogen) atoms. The summed E-state index contributed by atoms with van der Waals surface area (Å²) < 4.78 is 15.2. The molecule has 0 aliphatic heterocycles. The average molecular weight is 240 g/mol. The van der Waals surface area contributed by atoms with Crippen LogP contribution in [0, 0.1) is 5.82 Å². The molecular formula is C11H11ClFN3. The number of aromatic nitrogens is 2. The second-order valence-corrected chi connectivity index (χ2v) is 3.68. The number of nitrogens with one attached hydrogen (secondary N) is 1. The number of hydrogen-bond acceptors (Lipinski definition) is 2. The maximum absolute atomic E-state index is 13.6. The van der Waals surface area contributed by atoms with Gasteiger partial charge in [0, 0.05) is 24.0 Å². The summed E-state index contributed by atoms with van der Waals surface area (Å²) >= 11 is 5.84. The van der Waals surface area contributed by atoms with Crippen LogP contribution in [-0.2, 0) is 0 Å². The smallest absolute Gasteiger partial charge is 0.207 e. The molecule has 1 aromatic carbocycles. The number of benzene rings is 1. The molecular weight excluding hydrogens is 229 g/mol. The van der Waals surface area contributed by atoms with E-state index < -0.39 is 0 Å². The van der Waals surface area contributed by atoms with Crippen LogP contribution in [0.4, 0.5) is 10.3 Å². The summed E-state index contributed by atoms with van der Waals surface area (Å²) in [5.41, 5.74) is 0.390. The topological polar surface area (TPSA) is 29.9 Å². The molecule has 3 nitrogen and oxygen atoms in total. The molecule has 5 heteroatoms. The third-order valence-corrected chi connectivity index (χ3v) is 2.38. The maximum atomic E-state index is 13.6. The van der Waals surface area contributed by atoms with Crippen molar-refractivity contribution in [3.8, 4) is 5.69 Å². The summed E-state index contributed by atoms with van der Waals surface area (Å²) in [6, 6.07) is 4.43. The van der Waals surface area contributed by atoms with E-state index in [2.05, 4.69) is 10.3 Å². The molecule has 0 fully saturated rings. The van der Waals surface area contributed by atoms with E-state index in [9.17, 15) is 4.39 Å². The van der Waals surface area contributed by atoms with Gasteiger partial charge in [-0.05, 0) is 25.1 Å². The fourth-order valence-corrected chi connectivity index (χ4v) is 1.62. The van der Waals surface area contributed by atoms with Crippen LogP contribution in [-0.4, -0.2) is 16.1 Å². The number of anilines is 1. The average Bonchev–Trinajstić information content (AvgIpc) is 2.70. The monoisotopic (exact) mass is 239 g/mol. The molecule has 84 valence electrons. The summed E-state index contributed by atoms with van der Waals surface area (Å²) in [6.45, 7) is 2.67.